The largest absolute Gasteiger partial charge is 0.360 e. The van der Waals surface area contributed by atoms with E-state index in [2.05, 4.69) is 4.98 Å². The first-order valence-electron chi connectivity index (χ1n) is 5.06. The van der Waals surface area contributed by atoms with Gasteiger partial charge >= 0.3 is 0 Å². The average molecular weight is 216 g/mol. The summed E-state index contributed by atoms with van der Waals surface area (Å²) in [6, 6.07) is 5.52. The van der Waals surface area contributed by atoms with Crippen LogP contribution in [0.4, 0.5) is 5.69 Å². The van der Waals surface area contributed by atoms with E-state index in [4.69, 9.17) is 5.26 Å². The van der Waals surface area contributed by atoms with Gasteiger partial charge in [-0.15, -0.1) is 0 Å². The van der Waals surface area contributed by atoms with Crippen LogP contribution in [0.2, 0.25) is 0 Å². The Bertz CT molecular complexity index is 452. The standard InChI is InChI=1S/C11H12N4O/c1-14-4-5-15(8-11(14)16)10-2-3-13-9(6-10)7-12/h2-3,6H,4-5,8H2,1H3. The monoisotopic (exact) mass is 216 g/mol. The predicted octanol–water partition coefficient (Wildman–Crippen LogP) is 0.232. The molecule has 1 aliphatic heterocycles. The molecular weight excluding hydrogens is 204 g/mol. The third kappa shape index (κ3) is 1.96. The number of piperazine rings is 1. The molecule has 0 N–H and O–H groups in total. The molecule has 0 saturated carbocycles. The van der Waals surface area contributed by atoms with Gasteiger partial charge in [0, 0.05) is 32.0 Å². The third-order valence-corrected chi connectivity index (χ3v) is 2.68. The van der Waals surface area contributed by atoms with Gasteiger partial charge in [0.25, 0.3) is 0 Å². The molecule has 0 spiro atoms. The fraction of sp³-hybridized carbons (Fsp3) is 0.364. The number of rotatable bonds is 1. The number of hydrogen-bond acceptors (Lipinski definition) is 4. The van der Waals surface area contributed by atoms with Gasteiger partial charge in [-0.05, 0) is 12.1 Å². The molecule has 16 heavy (non-hydrogen) atoms. The number of nitrogens with zero attached hydrogens (tertiary/aromatic N) is 4. The van der Waals surface area contributed by atoms with Crippen LogP contribution in [0, 0.1) is 11.3 Å². The number of carbonyl (C=O) groups excluding carboxylic acids is 1. The van der Waals surface area contributed by atoms with Crippen molar-refractivity contribution in [3.8, 4) is 6.07 Å². The molecule has 0 atom stereocenters. The second kappa shape index (κ2) is 4.19. The first-order valence-corrected chi connectivity index (χ1v) is 5.06. The molecule has 5 heteroatoms. The van der Waals surface area contributed by atoms with Crippen molar-refractivity contribution in [1.82, 2.24) is 9.88 Å². The number of amides is 1. The minimum Gasteiger partial charge on any atom is -0.360 e. The highest BCUT2D eigenvalue weighted by atomic mass is 16.2. The van der Waals surface area contributed by atoms with Gasteiger partial charge in [-0.3, -0.25) is 4.79 Å². The van der Waals surface area contributed by atoms with E-state index in [9.17, 15) is 4.79 Å². The van der Waals surface area contributed by atoms with Crippen LogP contribution in [0.3, 0.4) is 0 Å². The molecule has 1 amide bonds. The maximum absolute atomic E-state index is 11.5. The summed E-state index contributed by atoms with van der Waals surface area (Å²) in [6.45, 7) is 1.87. The SMILES string of the molecule is CN1CCN(c2ccnc(C#N)c2)CC1=O. The molecule has 2 heterocycles. The van der Waals surface area contributed by atoms with Crippen LogP contribution in [-0.2, 0) is 4.79 Å². The van der Waals surface area contributed by atoms with Gasteiger partial charge in [0.15, 0.2) is 0 Å². The van der Waals surface area contributed by atoms with Crippen LogP contribution < -0.4 is 4.90 Å². The van der Waals surface area contributed by atoms with E-state index < -0.39 is 0 Å². The Balaban J connectivity index is 2.19. The smallest absolute Gasteiger partial charge is 0.241 e. The van der Waals surface area contributed by atoms with E-state index in [1.807, 2.05) is 17.0 Å². The Morgan fingerprint density at radius 3 is 3.00 bits per heavy atom. The van der Waals surface area contributed by atoms with Gasteiger partial charge in [-0.1, -0.05) is 0 Å². The van der Waals surface area contributed by atoms with Crippen molar-refractivity contribution in [3.05, 3.63) is 24.0 Å². The molecule has 0 radical (unpaired) electrons. The van der Waals surface area contributed by atoms with Crippen molar-refractivity contribution >= 4 is 11.6 Å². The van der Waals surface area contributed by atoms with Gasteiger partial charge in [0.2, 0.25) is 5.91 Å². The van der Waals surface area contributed by atoms with Gasteiger partial charge in [0.05, 0.1) is 6.54 Å². The molecule has 1 aliphatic rings. The first-order chi connectivity index (χ1) is 7.70. The number of likely N-dealkylation sites (N-methyl/N-ethyl adjacent to an activating group) is 1. The van der Waals surface area contributed by atoms with E-state index >= 15 is 0 Å². The molecule has 82 valence electrons. The molecule has 1 aromatic rings. The number of anilines is 1. The molecule has 0 unspecified atom stereocenters. The molecule has 0 aliphatic carbocycles. The van der Waals surface area contributed by atoms with Crippen LogP contribution >= 0.6 is 0 Å². The lowest BCUT2D eigenvalue weighted by atomic mass is 10.2. The van der Waals surface area contributed by atoms with Crippen LogP contribution in [0.1, 0.15) is 5.69 Å². The maximum Gasteiger partial charge on any atom is 0.241 e. The number of nitriles is 1. The summed E-state index contributed by atoms with van der Waals surface area (Å²) in [4.78, 5) is 19.1. The van der Waals surface area contributed by atoms with Crippen LogP contribution in [0.5, 0.6) is 0 Å². The normalized spacial score (nSPS) is 16.1. The Morgan fingerprint density at radius 1 is 1.50 bits per heavy atom. The third-order valence-electron chi connectivity index (χ3n) is 2.68. The molecule has 5 nitrogen and oxygen atoms in total. The number of hydrogen-bond donors (Lipinski definition) is 0. The zero-order valence-corrected chi connectivity index (χ0v) is 9.05. The van der Waals surface area contributed by atoms with E-state index in [1.54, 1.807) is 24.2 Å². The molecule has 2 rings (SSSR count). The molecular formula is C11H12N4O. The van der Waals surface area contributed by atoms with Crippen molar-refractivity contribution in [2.24, 2.45) is 0 Å². The fourth-order valence-corrected chi connectivity index (χ4v) is 1.66. The summed E-state index contributed by atoms with van der Waals surface area (Å²) >= 11 is 0. The minimum absolute atomic E-state index is 0.0987. The quantitative estimate of drug-likeness (QED) is 0.674. The highest BCUT2D eigenvalue weighted by Crippen LogP contribution is 2.16. The number of pyridine rings is 1. The number of carbonyl (C=O) groups is 1. The molecule has 0 bridgehead atoms. The van der Waals surface area contributed by atoms with E-state index in [0.29, 0.717) is 18.8 Å². The summed E-state index contributed by atoms with van der Waals surface area (Å²) in [6.07, 6.45) is 1.59. The Labute approximate surface area is 93.9 Å². The lowest BCUT2D eigenvalue weighted by Crippen LogP contribution is -2.48. The minimum atomic E-state index is 0.0987. The van der Waals surface area contributed by atoms with Crippen molar-refractivity contribution in [1.29, 1.82) is 5.26 Å². The van der Waals surface area contributed by atoms with Crippen molar-refractivity contribution in [2.75, 3.05) is 31.6 Å². The van der Waals surface area contributed by atoms with Crippen molar-refractivity contribution < 1.29 is 4.79 Å². The second-order valence-electron chi connectivity index (χ2n) is 3.75. The summed E-state index contributed by atoms with van der Waals surface area (Å²) in [5.41, 5.74) is 1.26. The molecule has 1 saturated heterocycles. The second-order valence-corrected chi connectivity index (χ2v) is 3.75. The molecule has 0 aromatic carbocycles. The highest BCUT2D eigenvalue weighted by Gasteiger charge is 2.21. The van der Waals surface area contributed by atoms with Crippen molar-refractivity contribution in [2.45, 2.75) is 0 Å². The summed E-state index contributed by atoms with van der Waals surface area (Å²) < 4.78 is 0. The lowest BCUT2D eigenvalue weighted by molar-refractivity contribution is -0.129. The van der Waals surface area contributed by atoms with Crippen LogP contribution in [0.15, 0.2) is 18.3 Å². The molecule has 1 fully saturated rings. The topological polar surface area (TPSA) is 60.2 Å². The predicted molar refractivity (Wildman–Crippen MR) is 58.8 cm³/mol. The Hall–Kier alpha value is -2.09. The summed E-state index contributed by atoms with van der Waals surface area (Å²) in [7, 11) is 1.80. The number of aromatic nitrogens is 1. The fourth-order valence-electron chi connectivity index (χ4n) is 1.66. The zero-order chi connectivity index (χ0) is 11.5. The van der Waals surface area contributed by atoms with E-state index in [-0.39, 0.29) is 5.91 Å². The highest BCUT2D eigenvalue weighted by molar-refractivity contribution is 5.82. The Kier molecular flexibility index (Phi) is 2.73. The van der Waals surface area contributed by atoms with Gasteiger partial charge in [-0.2, -0.15) is 5.26 Å². The average Bonchev–Trinajstić information content (AvgIpc) is 2.33. The first kappa shape index (κ1) is 10.4. The van der Waals surface area contributed by atoms with E-state index in [1.165, 1.54) is 0 Å². The van der Waals surface area contributed by atoms with Gasteiger partial charge in [0.1, 0.15) is 11.8 Å². The van der Waals surface area contributed by atoms with Crippen LogP contribution in [0.25, 0.3) is 0 Å². The molecule has 1 aromatic heterocycles. The van der Waals surface area contributed by atoms with Crippen molar-refractivity contribution in [3.63, 3.8) is 0 Å². The van der Waals surface area contributed by atoms with E-state index in [0.717, 1.165) is 12.2 Å². The van der Waals surface area contributed by atoms with Gasteiger partial charge in [-0.25, -0.2) is 4.98 Å². The van der Waals surface area contributed by atoms with Crippen LogP contribution in [-0.4, -0.2) is 42.5 Å². The zero-order valence-electron chi connectivity index (χ0n) is 9.05. The Morgan fingerprint density at radius 2 is 2.31 bits per heavy atom. The lowest BCUT2D eigenvalue weighted by Gasteiger charge is -2.33. The van der Waals surface area contributed by atoms with Gasteiger partial charge < -0.3 is 9.80 Å². The maximum atomic E-state index is 11.5. The summed E-state index contributed by atoms with van der Waals surface area (Å²) in [5.74, 6) is 0.0987. The summed E-state index contributed by atoms with van der Waals surface area (Å²) in [5, 5.41) is 8.75.